The first-order valence-electron chi connectivity index (χ1n) is 3.54. The molecule has 0 radical (unpaired) electrons. The Bertz CT molecular complexity index is 478. The number of carbonyl (C=O) groups is 1. The third kappa shape index (κ3) is 1.23. The van der Waals surface area contributed by atoms with Gasteiger partial charge >= 0.3 is 5.97 Å². The van der Waals surface area contributed by atoms with Gasteiger partial charge in [-0.3, -0.25) is 0 Å². The second kappa shape index (κ2) is 2.70. The number of carboxylic acids is 1. The van der Waals surface area contributed by atoms with Gasteiger partial charge in [-0.25, -0.2) is 9.78 Å². The van der Waals surface area contributed by atoms with Gasteiger partial charge in [0.05, 0.1) is 11.3 Å². The Labute approximate surface area is 77.6 Å². The Morgan fingerprint density at radius 3 is 3.08 bits per heavy atom. The topological polar surface area (TPSA) is 76.2 Å². The van der Waals surface area contributed by atoms with Crippen LogP contribution in [0.15, 0.2) is 17.6 Å². The molecule has 2 rings (SSSR count). The van der Waals surface area contributed by atoms with Gasteiger partial charge < -0.3 is 10.8 Å². The molecule has 66 valence electrons. The van der Waals surface area contributed by atoms with Crippen molar-refractivity contribution in [3.05, 3.63) is 23.2 Å². The second-order valence-electron chi connectivity index (χ2n) is 2.57. The lowest BCUT2D eigenvalue weighted by Crippen LogP contribution is -1.96. The summed E-state index contributed by atoms with van der Waals surface area (Å²) < 4.78 is 0. The van der Waals surface area contributed by atoms with Gasteiger partial charge in [0.2, 0.25) is 0 Å². The third-order valence-electron chi connectivity index (χ3n) is 1.71. The van der Waals surface area contributed by atoms with E-state index in [0.29, 0.717) is 11.1 Å². The van der Waals surface area contributed by atoms with Crippen LogP contribution in [0.5, 0.6) is 0 Å². The molecule has 5 heteroatoms. The van der Waals surface area contributed by atoms with Gasteiger partial charge in [0.25, 0.3) is 0 Å². The van der Waals surface area contributed by atoms with E-state index in [1.165, 1.54) is 23.6 Å². The number of nitrogen functional groups attached to an aromatic ring is 1. The molecule has 0 aliphatic rings. The van der Waals surface area contributed by atoms with Crippen LogP contribution in [0.4, 0.5) is 5.69 Å². The Kier molecular flexibility index (Phi) is 1.66. The highest BCUT2D eigenvalue weighted by molar-refractivity contribution is 7.17. The summed E-state index contributed by atoms with van der Waals surface area (Å²) in [5.41, 5.74) is 6.37. The molecule has 2 heterocycles. The van der Waals surface area contributed by atoms with E-state index in [-0.39, 0.29) is 5.56 Å². The average Bonchev–Trinajstić information content (AvgIpc) is 2.47. The van der Waals surface area contributed by atoms with Crippen molar-refractivity contribution >= 4 is 33.2 Å². The minimum atomic E-state index is -0.986. The summed E-state index contributed by atoms with van der Waals surface area (Å²) in [6.07, 6.45) is 1.33. The number of pyridine rings is 1. The number of nitrogens with two attached hydrogens (primary N) is 1. The van der Waals surface area contributed by atoms with Crippen molar-refractivity contribution in [1.29, 1.82) is 0 Å². The molecule has 4 nitrogen and oxygen atoms in total. The molecule has 0 amide bonds. The first-order chi connectivity index (χ1) is 6.18. The lowest BCUT2D eigenvalue weighted by molar-refractivity contribution is 0.0696. The van der Waals surface area contributed by atoms with E-state index in [1.807, 2.05) is 0 Å². The van der Waals surface area contributed by atoms with Gasteiger partial charge in [0.15, 0.2) is 0 Å². The number of thiophene rings is 1. The van der Waals surface area contributed by atoms with Crippen LogP contribution in [0.2, 0.25) is 0 Å². The molecule has 0 fully saturated rings. The minimum Gasteiger partial charge on any atom is -0.478 e. The zero-order valence-corrected chi connectivity index (χ0v) is 7.34. The number of aromatic nitrogens is 1. The van der Waals surface area contributed by atoms with Crippen LogP contribution >= 0.6 is 11.3 Å². The van der Waals surface area contributed by atoms with E-state index in [9.17, 15) is 4.79 Å². The van der Waals surface area contributed by atoms with E-state index < -0.39 is 5.97 Å². The maximum atomic E-state index is 10.6. The number of anilines is 1. The first kappa shape index (κ1) is 8.00. The normalized spacial score (nSPS) is 10.5. The van der Waals surface area contributed by atoms with Crippen molar-refractivity contribution < 1.29 is 9.90 Å². The number of hydrogen-bond acceptors (Lipinski definition) is 4. The molecule has 3 N–H and O–H groups in total. The zero-order valence-electron chi connectivity index (χ0n) is 6.52. The molecule has 0 atom stereocenters. The van der Waals surface area contributed by atoms with E-state index in [1.54, 1.807) is 5.38 Å². The highest BCUT2D eigenvalue weighted by Gasteiger charge is 2.07. The Morgan fingerprint density at radius 2 is 2.38 bits per heavy atom. The van der Waals surface area contributed by atoms with Crippen LogP contribution in [0.1, 0.15) is 10.4 Å². The average molecular weight is 194 g/mol. The van der Waals surface area contributed by atoms with Crippen molar-refractivity contribution in [2.75, 3.05) is 5.73 Å². The second-order valence-corrected chi connectivity index (χ2v) is 3.43. The van der Waals surface area contributed by atoms with E-state index in [0.717, 1.165) is 4.83 Å². The number of carboxylic acid groups (broad SMARTS) is 1. The molecule has 0 saturated heterocycles. The number of hydrogen-bond donors (Lipinski definition) is 2. The number of nitrogens with zero attached hydrogens (tertiary/aromatic N) is 1. The first-order valence-corrected chi connectivity index (χ1v) is 4.42. The van der Waals surface area contributed by atoms with Crippen molar-refractivity contribution in [3.63, 3.8) is 0 Å². The molecular weight excluding hydrogens is 188 g/mol. The molecule has 0 aliphatic carbocycles. The summed E-state index contributed by atoms with van der Waals surface area (Å²) in [6, 6.07) is 1.54. The van der Waals surface area contributed by atoms with Crippen molar-refractivity contribution in [2.45, 2.75) is 0 Å². The standard InChI is InChI=1S/C8H6N2O2S/c9-6-3-13-7-5(6)1-4(2-10-7)8(11)12/h1-3H,9H2,(H,11,12). The van der Waals surface area contributed by atoms with Gasteiger partial charge in [0.1, 0.15) is 4.83 Å². The SMILES string of the molecule is Nc1csc2ncc(C(=O)O)cc12. The predicted octanol–water partition coefficient (Wildman–Crippen LogP) is 1.58. The Hall–Kier alpha value is -1.62. The highest BCUT2D eigenvalue weighted by Crippen LogP contribution is 2.26. The van der Waals surface area contributed by atoms with Gasteiger partial charge in [-0.05, 0) is 6.07 Å². The van der Waals surface area contributed by atoms with E-state index >= 15 is 0 Å². The summed E-state index contributed by atoms with van der Waals surface area (Å²) in [6.45, 7) is 0. The molecule has 0 unspecified atom stereocenters. The molecule has 0 aliphatic heterocycles. The fourth-order valence-corrected chi connectivity index (χ4v) is 1.84. The Morgan fingerprint density at radius 1 is 1.62 bits per heavy atom. The van der Waals surface area contributed by atoms with Crippen LogP contribution in [0.3, 0.4) is 0 Å². The lowest BCUT2D eigenvalue weighted by atomic mass is 10.2. The van der Waals surface area contributed by atoms with Crippen LogP contribution < -0.4 is 5.73 Å². The summed E-state index contributed by atoms with van der Waals surface area (Å²) in [5, 5.41) is 11.2. The molecule has 13 heavy (non-hydrogen) atoms. The molecule has 0 bridgehead atoms. The predicted molar refractivity (Wildman–Crippen MR) is 51.0 cm³/mol. The fraction of sp³-hybridized carbons (Fsp3) is 0. The van der Waals surface area contributed by atoms with Crippen LogP contribution in [-0.2, 0) is 0 Å². The largest absolute Gasteiger partial charge is 0.478 e. The molecular formula is C8H6N2O2S. The lowest BCUT2D eigenvalue weighted by Gasteiger charge is -1.94. The van der Waals surface area contributed by atoms with Gasteiger partial charge in [-0.2, -0.15) is 0 Å². The van der Waals surface area contributed by atoms with Crippen molar-refractivity contribution in [1.82, 2.24) is 4.98 Å². The number of rotatable bonds is 1. The van der Waals surface area contributed by atoms with Crippen molar-refractivity contribution in [3.8, 4) is 0 Å². The number of aromatic carboxylic acids is 1. The van der Waals surface area contributed by atoms with Crippen LogP contribution in [-0.4, -0.2) is 16.1 Å². The summed E-state index contributed by atoms with van der Waals surface area (Å²) in [5.74, 6) is -0.986. The van der Waals surface area contributed by atoms with E-state index in [2.05, 4.69) is 4.98 Å². The maximum Gasteiger partial charge on any atom is 0.337 e. The maximum absolute atomic E-state index is 10.6. The quantitative estimate of drug-likeness (QED) is 0.722. The molecule has 0 aromatic carbocycles. The monoisotopic (exact) mass is 194 g/mol. The molecule has 0 spiro atoms. The van der Waals surface area contributed by atoms with Crippen molar-refractivity contribution in [2.24, 2.45) is 0 Å². The van der Waals surface area contributed by atoms with Crippen LogP contribution in [0, 0.1) is 0 Å². The fourth-order valence-electron chi connectivity index (χ4n) is 1.05. The molecule has 2 aromatic rings. The molecule has 2 aromatic heterocycles. The van der Waals surface area contributed by atoms with Crippen LogP contribution in [0.25, 0.3) is 10.2 Å². The highest BCUT2D eigenvalue weighted by atomic mass is 32.1. The Balaban J connectivity index is 2.72. The number of fused-ring (bicyclic) bond motifs is 1. The summed E-state index contributed by atoms with van der Waals surface area (Å²) >= 11 is 1.41. The van der Waals surface area contributed by atoms with Gasteiger partial charge in [0, 0.05) is 17.0 Å². The summed E-state index contributed by atoms with van der Waals surface area (Å²) in [4.78, 5) is 15.3. The smallest absolute Gasteiger partial charge is 0.337 e. The van der Waals surface area contributed by atoms with Gasteiger partial charge in [-0.1, -0.05) is 0 Å². The van der Waals surface area contributed by atoms with E-state index in [4.69, 9.17) is 10.8 Å². The zero-order chi connectivity index (χ0) is 9.42. The van der Waals surface area contributed by atoms with Gasteiger partial charge in [-0.15, -0.1) is 11.3 Å². The third-order valence-corrected chi connectivity index (χ3v) is 2.63. The molecule has 0 saturated carbocycles. The summed E-state index contributed by atoms with van der Waals surface area (Å²) in [7, 11) is 0. The minimum absolute atomic E-state index is 0.164.